The van der Waals surface area contributed by atoms with Crippen molar-refractivity contribution in [1.82, 2.24) is 10.3 Å². The molecule has 1 heterocycles. The lowest BCUT2D eigenvalue weighted by Gasteiger charge is -2.11. The Balaban J connectivity index is 2.11. The highest BCUT2D eigenvalue weighted by molar-refractivity contribution is 6.30. The number of anilines is 2. The number of aryl methyl sites for hydroxylation is 1. The summed E-state index contributed by atoms with van der Waals surface area (Å²) in [5, 5.41) is 6.63. The molecule has 2 aromatic rings. The fourth-order valence-corrected chi connectivity index (χ4v) is 2.06. The fraction of sp³-hybridized carbons (Fsp3) is 0.250. The molecule has 6 heteroatoms. The van der Waals surface area contributed by atoms with E-state index in [0.717, 1.165) is 16.9 Å². The normalized spacial score (nSPS) is 10.3. The molecule has 1 aromatic heterocycles. The van der Waals surface area contributed by atoms with Crippen molar-refractivity contribution in [3.05, 3.63) is 52.8 Å². The van der Waals surface area contributed by atoms with Crippen molar-refractivity contribution in [1.29, 1.82) is 0 Å². The number of methoxy groups -OCH3 is 1. The van der Waals surface area contributed by atoms with Gasteiger partial charge in [-0.25, -0.2) is 0 Å². The Morgan fingerprint density at radius 2 is 2.14 bits per heavy atom. The van der Waals surface area contributed by atoms with Crippen molar-refractivity contribution in [2.75, 3.05) is 25.6 Å². The second-order valence-corrected chi connectivity index (χ2v) is 5.23. The minimum absolute atomic E-state index is 0.184. The maximum absolute atomic E-state index is 12.0. The molecule has 0 aliphatic rings. The molecule has 22 heavy (non-hydrogen) atoms. The summed E-state index contributed by atoms with van der Waals surface area (Å²) in [5.41, 5.74) is 3.15. The maximum atomic E-state index is 12.0. The SMILES string of the molecule is COCCNC(=O)c1cncc(Nc2cc(Cl)ccc2C)c1. The van der Waals surface area contributed by atoms with Gasteiger partial charge in [-0.15, -0.1) is 0 Å². The van der Waals surface area contributed by atoms with Crippen LogP contribution in [-0.2, 0) is 4.74 Å². The lowest BCUT2D eigenvalue weighted by atomic mass is 10.2. The molecule has 0 fully saturated rings. The molecule has 0 radical (unpaired) electrons. The van der Waals surface area contributed by atoms with E-state index in [4.69, 9.17) is 16.3 Å². The van der Waals surface area contributed by atoms with Crippen molar-refractivity contribution < 1.29 is 9.53 Å². The van der Waals surface area contributed by atoms with E-state index in [-0.39, 0.29) is 5.91 Å². The van der Waals surface area contributed by atoms with E-state index >= 15 is 0 Å². The van der Waals surface area contributed by atoms with Crippen LogP contribution in [0.3, 0.4) is 0 Å². The second kappa shape index (κ2) is 7.77. The van der Waals surface area contributed by atoms with Crippen LogP contribution in [0.2, 0.25) is 5.02 Å². The summed E-state index contributed by atoms with van der Waals surface area (Å²) in [4.78, 5) is 16.1. The number of ether oxygens (including phenoxy) is 1. The molecular formula is C16H18ClN3O2. The van der Waals surface area contributed by atoms with Crippen molar-refractivity contribution in [2.24, 2.45) is 0 Å². The minimum Gasteiger partial charge on any atom is -0.383 e. The first-order valence-electron chi connectivity index (χ1n) is 6.85. The Kier molecular flexibility index (Phi) is 5.75. The standard InChI is InChI=1S/C16H18ClN3O2/c1-11-3-4-13(17)8-15(11)20-14-7-12(9-18-10-14)16(21)19-5-6-22-2/h3-4,7-10,20H,5-6H2,1-2H3,(H,19,21). The van der Waals surface area contributed by atoms with Crippen LogP contribution >= 0.6 is 11.6 Å². The predicted octanol–water partition coefficient (Wildman–Crippen LogP) is 3.16. The molecule has 2 N–H and O–H groups in total. The van der Waals surface area contributed by atoms with E-state index < -0.39 is 0 Å². The molecule has 1 amide bonds. The first-order valence-corrected chi connectivity index (χ1v) is 7.23. The number of nitrogens with one attached hydrogen (secondary N) is 2. The fourth-order valence-electron chi connectivity index (χ4n) is 1.89. The Morgan fingerprint density at radius 3 is 2.91 bits per heavy atom. The number of carbonyl (C=O) groups excluding carboxylic acids is 1. The molecule has 116 valence electrons. The van der Waals surface area contributed by atoms with Gasteiger partial charge in [-0.3, -0.25) is 9.78 Å². The van der Waals surface area contributed by atoms with E-state index in [9.17, 15) is 4.79 Å². The van der Waals surface area contributed by atoms with Gasteiger partial charge in [0.25, 0.3) is 5.91 Å². The molecule has 0 saturated carbocycles. The summed E-state index contributed by atoms with van der Waals surface area (Å²) in [6.07, 6.45) is 3.18. The number of benzene rings is 1. The van der Waals surface area contributed by atoms with Gasteiger partial charge in [-0.05, 0) is 30.7 Å². The van der Waals surface area contributed by atoms with Crippen molar-refractivity contribution >= 4 is 28.9 Å². The smallest absolute Gasteiger partial charge is 0.253 e. The number of halogens is 1. The van der Waals surface area contributed by atoms with Crippen molar-refractivity contribution in [2.45, 2.75) is 6.92 Å². The zero-order chi connectivity index (χ0) is 15.9. The average Bonchev–Trinajstić information content (AvgIpc) is 2.51. The van der Waals surface area contributed by atoms with Crippen LogP contribution in [0.5, 0.6) is 0 Å². The maximum Gasteiger partial charge on any atom is 0.253 e. The van der Waals surface area contributed by atoms with Gasteiger partial charge in [-0.1, -0.05) is 17.7 Å². The molecule has 1 aromatic carbocycles. The number of carbonyl (C=O) groups is 1. The Morgan fingerprint density at radius 1 is 1.32 bits per heavy atom. The Labute approximate surface area is 134 Å². The van der Waals surface area contributed by atoms with Crippen LogP contribution < -0.4 is 10.6 Å². The van der Waals surface area contributed by atoms with Crippen LogP contribution in [0, 0.1) is 6.92 Å². The number of rotatable bonds is 6. The van der Waals surface area contributed by atoms with Gasteiger partial charge in [0.2, 0.25) is 0 Å². The zero-order valence-electron chi connectivity index (χ0n) is 12.5. The molecule has 0 aliphatic carbocycles. The van der Waals surface area contributed by atoms with Gasteiger partial charge >= 0.3 is 0 Å². The summed E-state index contributed by atoms with van der Waals surface area (Å²) < 4.78 is 4.90. The monoisotopic (exact) mass is 319 g/mol. The van der Waals surface area contributed by atoms with Crippen molar-refractivity contribution in [3.63, 3.8) is 0 Å². The van der Waals surface area contributed by atoms with Gasteiger partial charge in [0, 0.05) is 30.6 Å². The lowest BCUT2D eigenvalue weighted by Crippen LogP contribution is -2.27. The third-order valence-electron chi connectivity index (χ3n) is 3.07. The summed E-state index contributed by atoms with van der Waals surface area (Å²) in [7, 11) is 1.59. The van der Waals surface area contributed by atoms with E-state index in [1.165, 1.54) is 6.20 Å². The van der Waals surface area contributed by atoms with Crippen LogP contribution in [0.25, 0.3) is 0 Å². The van der Waals surface area contributed by atoms with Crippen molar-refractivity contribution in [3.8, 4) is 0 Å². The van der Waals surface area contributed by atoms with Gasteiger partial charge in [0.05, 0.1) is 24.1 Å². The first kappa shape index (κ1) is 16.3. The third-order valence-corrected chi connectivity index (χ3v) is 3.31. The molecule has 0 saturated heterocycles. The van der Waals surface area contributed by atoms with E-state index in [2.05, 4.69) is 15.6 Å². The lowest BCUT2D eigenvalue weighted by molar-refractivity contribution is 0.0937. The molecule has 5 nitrogen and oxygen atoms in total. The molecule has 0 aliphatic heterocycles. The molecule has 2 rings (SSSR count). The van der Waals surface area contributed by atoms with E-state index in [1.807, 2.05) is 25.1 Å². The third kappa shape index (κ3) is 4.44. The van der Waals surface area contributed by atoms with Crippen LogP contribution in [0.1, 0.15) is 15.9 Å². The van der Waals surface area contributed by atoms with Gasteiger partial charge in [-0.2, -0.15) is 0 Å². The van der Waals surface area contributed by atoms with Crippen LogP contribution in [-0.4, -0.2) is 31.2 Å². The number of hydrogen-bond donors (Lipinski definition) is 2. The average molecular weight is 320 g/mol. The number of aromatic nitrogens is 1. The largest absolute Gasteiger partial charge is 0.383 e. The molecule has 0 unspecified atom stereocenters. The summed E-state index contributed by atoms with van der Waals surface area (Å²) in [5.74, 6) is -0.184. The summed E-state index contributed by atoms with van der Waals surface area (Å²) in [6, 6.07) is 7.34. The Bertz CT molecular complexity index is 662. The first-order chi connectivity index (χ1) is 10.6. The predicted molar refractivity (Wildman–Crippen MR) is 87.9 cm³/mol. The highest BCUT2D eigenvalue weighted by Gasteiger charge is 2.07. The highest BCUT2D eigenvalue weighted by Crippen LogP contribution is 2.24. The van der Waals surface area contributed by atoms with Gasteiger partial charge in [0.15, 0.2) is 0 Å². The zero-order valence-corrected chi connectivity index (χ0v) is 13.3. The number of nitrogens with zero attached hydrogens (tertiary/aromatic N) is 1. The van der Waals surface area contributed by atoms with E-state index in [1.54, 1.807) is 19.4 Å². The van der Waals surface area contributed by atoms with Crippen LogP contribution in [0.4, 0.5) is 11.4 Å². The molecule has 0 bridgehead atoms. The minimum atomic E-state index is -0.184. The second-order valence-electron chi connectivity index (χ2n) is 4.80. The summed E-state index contributed by atoms with van der Waals surface area (Å²) >= 11 is 6.00. The van der Waals surface area contributed by atoms with Crippen LogP contribution in [0.15, 0.2) is 36.7 Å². The topological polar surface area (TPSA) is 63.2 Å². The quantitative estimate of drug-likeness (QED) is 0.803. The summed E-state index contributed by atoms with van der Waals surface area (Å²) in [6.45, 7) is 2.91. The Hall–Kier alpha value is -2.11. The number of amides is 1. The molecule has 0 atom stereocenters. The number of pyridine rings is 1. The van der Waals surface area contributed by atoms with Gasteiger partial charge in [0.1, 0.15) is 0 Å². The van der Waals surface area contributed by atoms with E-state index in [0.29, 0.717) is 23.7 Å². The number of hydrogen-bond acceptors (Lipinski definition) is 4. The highest BCUT2D eigenvalue weighted by atomic mass is 35.5. The van der Waals surface area contributed by atoms with Gasteiger partial charge < -0.3 is 15.4 Å². The molecular weight excluding hydrogens is 302 g/mol. The molecule has 0 spiro atoms.